The zero-order valence-corrected chi connectivity index (χ0v) is 15.8. The van der Waals surface area contributed by atoms with Crippen molar-refractivity contribution in [1.82, 2.24) is 10.2 Å². The molecule has 3 aromatic rings. The van der Waals surface area contributed by atoms with Gasteiger partial charge >= 0.3 is 0 Å². The molecule has 1 N–H and O–H groups in total. The van der Waals surface area contributed by atoms with Crippen LogP contribution in [0.3, 0.4) is 0 Å². The fraction of sp³-hybridized carbons (Fsp3) is 0.250. The summed E-state index contributed by atoms with van der Waals surface area (Å²) >= 11 is 1.24. The largest absolute Gasteiger partial charge is 0.411 e. The number of hydrogen-bond donors (Lipinski definition) is 1. The summed E-state index contributed by atoms with van der Waals surface area (Å²) in [5.74, 6) is 0.351. The summed E-state index contributed by atoms with van der Waals surface area (Å²) in [5, 5.41) is 11.0. The highest BCUT2D eigenvalue weighted by Gasteiger charge is 2.19. The van der Waals surface area contributed by atoms with Crippen LogP contribution < -0.4 is 5.32 Å². The Hall–Kier alpha value is -2.60. The van der Waals surface area contributed by atoms with Crippen molar-refractivity contribution in [3.8, 4) is 11.5 Å². The number of anilines is 1. The lowest BCUT2D eigenvalue weighted by atomic mass is 10.1. The number of benzene rings is 2. The van der Waals surface area contributed by atoms with Crippen molar-refractivity contribution in [2.24, 2.45) is 0 Å². The zero-order valence-electron chi connectivity index (χ0n) is 15.0. The van der Waals surface area contributed by atoms with Gasteiger partial charge in [0.2, 0.25) is 11.8 Å². The van der Waals surface area contributed by atoms with E-state index >= 15 is 0 Å². The van der Waals surface area contributed by atoms with Gasteiger partial charge in [-0.05, 0) is 50.1 Å². The van der Waals surface area contributed by atoms with E-state index in [9.17, 15) is 4.79 Å². The van der Waals surface area contributed by atoms with E-state index in [1.165, 1.54) is 22.9 Å². The molecule has 0 aliphatic carbocycles. The molecule has 0 unspecified atom stereocenters. The Morgan fingerprint density at radius 1 is 1.12 bits per heavy atom. The molecule has 5 nitrogen and oxygen atoms in total. The molecule has 0 aliphatic heterocycles. The lowest BCUT2D eigenvalue weighted by Gasteiger charge is -2.10. The third kappa shape index (κ3) is 4.52. The molecule has 1 amide bonds. The predicted octanol–water partition coefficient (Wildman–Crippen LogP) is 4.73. The third-order valence-corrected chi connectivity index (χ3v) is 4.92. The fourth-order valence-corrected chi connectivity index (χ4v) is 3.03. The van der Waals surface area contributed by atoms with Crippen LogP contribution in [-0.2, 0) is 11.2 Å². The molecular formula is C20H21N3O2S. The molecule has 134 valence electrons. The van der Waals surface area contributed by atoms with Crippen LogP contribution in [0.5, 0.6) is 0 Å². The molecule has 0 saturated carbocycles. The molecule has 1 atom stereocenters. The molecule has 0 aliphatic rings. The highest BCUT2D eigenvalue weighted by Crippen LogP contribution is 2.27. The molecule has 0 saturated heterocycles. The van der Waals surface area contributed by atoms with Crippen LogP contribution in [0.4, 0.5) is 5.69 Å². The van der Waals surface area contributed by atoms with Gasteiger partial charge in [-0.3, -0.25) is 4.79 Å². The van der Waals surface area contributed by atoms with Crippen molar-refractivity contribution in [2.75, 3.05) is 5.32 Å². The number of nitrogens with zero attached hydrogens (tertiary/aromatic N) is 2. The first-order valence-electron chi connectivity index (χ1n) is 8.52. The molecule has 3 rings (SSSR count). The van der Waals surface area contributed by atoms with Crippen molar-refractivity contribution in [3.63, 3.8) is 0 Å². The normalized spacial score (nSPS) is 12.0. The quantitative estimate of drug-likeness (QED) is 0.638. The number of aromatic nitrogens is 2. The van der Waals surface area contributed by atoms with E-state index in [1.54, 1.807) is 0 Å². The zero-order chi connectivity index (χ0) is 18.5. The molecule has 0 fully saturated rings. The smallest absolute Gasteiger partial charge is 0.277 e. The lowest BCUT2D eigenvalue weighted by molar-refractivity contribution is -0.115. The molecular weight excluding hydrogens is 346 g/mol. The standard InChI is InChI=1S/C20H21N3O2S/c1-4-15-7-11-17(12-8-15)21-18(24)14(3)26-20-23-22-19(25-20)16-9-5-13(2)6-10-16/h5-12,14H,4H2,1-3H3,(H,21,24)/t14-/m0/s1. The number of aryl methyl sites for hydroxylation is 2. The van der Waals surface area contributed by atoms with Crippen LogP contribution in [0.15, 0.2) is 58.2 Å². The van der Waals surface area contributed by atoms with E-state index < -0.39 is 0 Å². The number of amides is 1. The van der Waals surface area contributed by atoms with Gasteiger partial charge in [-0.15, -0.1) is 10.2 Å². The van der Waals surface area contributed by atoms with E-state index in [1.807, 2.05) is 62.4 Å². The molecule has 0 bridgehead atoms. The number of hydrogen-bond acceptors (Lipinski definition) is 5. The van der Waals surface area contributed by atoms with Gasteiger partial charge in [0.05, 0.1) is 5.25 Å². The maximum Gasteiger partial charge on any atom is 0.277 e. The van der Waals surface area contributed by atoms with E-state index in [2.05, 4.69) is 22.4 Å². The maximum atomic E-state index is 12.4. The molecule has 1 heterocycles. The Bertz CT molecular complexity index is 873. The van der Waals surface area contributed by atoms with Gasteiger partial charge in [-0.2, -0.15) is 0 Å². The van der Waals surface area contributed by atoms with Gasteiger partial charge in [0.15, 0.2) is 0 Å². The maximum absolute atomic E-state index is 12.4. The number of rotatable bonds is 6. The molecule has 6 heteroatoms. The minimum Gasteiger partial charge on any atom is -0.411 e. The number of nitrogens with one attached hydrogen (secondary N) is 1. The van der Waals surface area contributed by atoms with Gasteiger partial charge < -0.3 is 9.73 Å². The van der Waals surface area contributed by atoms with Crippen LogP contribution in [0.1, 0.15) is 25.0 Å². The number of thioether (sulfide) groups is 1. The summed E-state index contributed by atoms with van der Waals surface area (Å²) in [6, 6.07) is 15.7. The predicted molar refractivity (Wildman–Crippen MR) is 104 cm³/mol. The van der Waals surface area contributed by atoms with E-state index in [0.29, 0.717) is 11.1 Å². The van der Waals surface area contributed by atoms with Crippen LogP contribution >= 0.6 is 11.8 Å². The van der Waals surface area contributed by atoms with Gasteiger partial charge in [0, 0.05) is 11.3 Å². The topological polar surface area (TPSA) is 68.0 Å². The first-order valence-corrected chi connectivity index (χ1v) is 9.40. The van der Waals surface area contributed by atoms with Crippen LogP contribution in [0.2, 0.25) is 0 Å². The van der Waals surface area contributed by atoms with Crippen LogP contribution in [-0.4, -0.2) is 21.4 Å². The molecule has 0 radical (unpaired) electrons. The van der Waals surface area contributed by atoms with Crippen molar-refractivity contribution in [2.45, 2.75) is 37.7 Å². The fourth-order valence-electron chi connectivity index (χ4n) is 2.34. The third-order valence-electron chi connectivity index (χ3n) is 3.98. The molecule has 1 aromatic heterocycles. The lowest BCUT2D eigenvalue weighted by Crippen LogP contribution is -2.22. The SMILES string of the molecule is CCc1ccc(NC(=O)[C@H](C)Sc2nnc(-c3ccc(C)cc3)o2)cc1. The summed E-state index contributed by atoms with van der Waals surface area (Å²) in [6.45, 7) is 5.94. The Morgan fingerprint density at radius 2 is 1.81 bits per heavy atom. The highest BCUT2D eigenvalue weighted by atomic mass is 32.2. The van der Waals surface area contributed by atoms with E-state index in [0.717, 1.165) is 17.7 Å². The van der Waals surface area contributed by atoms with Crippen molar-refractivity contribution < 1.29 is 9.21 Å². The van der Waals surface area contributed by atoms with Gasteiger partial charge in [-0.25, -0.2) is 0 Å². The van der Waals surface area contributed by atoms with Crippen molar-refractivity contribution in [3.05, 3.63) is 59.7 Å². The Labute approximate surface area is 157 Å². The monoisotopic (exact) mass is 367 g/mol. The summed E-state index contributed by atoms with van der Waals surface area (Å²) in [7, 11) is 0. The number of carbonyl (C=O) groups is 1. The van der Waals surface area contributed by atoms with Crippen molar-refractivity contribution in [1.29, 1.82) is 0 Å². The summed E-state index contributed by atoms with van der Waals surface area (Å²) in [5.41, 5.74) is 4.05. The average Bonchev–Trinajstić information content (AvgIpc) is 3.11. The summed E-state index contributed by atoms with van der Waals surface area (Å²) < 4.78 is 5.67. The minimum atomic E-state index is -0.354. The average molecular weight is 367 g/mol. The van der Waals surface area contributed by atoms with Crippen molar-refractivity contribution >= 4 is 23.4 Å². The molecule has 26 heavy (non-hydrogen) atoms. The van der Waals surface area contributed by atoms with Crippen LogP contribution in [0, 0.1) is 6.92 Å². The second kappa shape index (κ2) is 8.19. The second-order valence-corrected chi connectivity index (χ2v) is 7.33. The van der Waals surface area contributed by atoms with E-state index in [4.69, 9.17) is 4.42 Å². The molecule has 0 spiro atoms. The molecule has 2 aromatic carbocycles. The van der Waals surface area contributed by atoms with Gasteiger partial charge in [0.1, 0.15) is 0 Å². The second-order valence-electron chi connectivity index (χ2n) is 6.04. The first-order chi connectivity index (χ1) is 12.5. The Kier molecular flexibility index (Phi) is 5.73. The van der Waals surface area contributed by atoms with Crippen LogP contribution in [0.25, 0.3) is 11.5 Å². The van der Waals surface area contributed by atoms with Gasteiger partial charge in [0.25, 0.3) is 5.22 Å². The Balaban J connectivity index is 1.61. The highest BCUT2D eigenvalue weighted by molar-refractivity contribution is 8.00. The minimum absolute atomic E-state index is 0.102. The number of carbonyl (C=O) groups excluding carboxylic acids is 1. The summed E-state index contributed by atoms with van der Waals surface area (Å²) in [4.78, 5) is 12.4. The first kappa shape index (κ1) is 18.2. The van der Waals surface area contributed by atoms with E-state index in [-0.39, 0.29) is 11.2 Å². The van der Waals surface area contributed by atoms with Gasteiger partial charge in [-0.1, -0.05) is 48.5 Å². The summed E-state index contributed by atoms with van der Waals surface area (Å²) in [6.07, 6.45) is 0.973. The Morgan fingerprint density at radius 3 is 2.46 bits per heavy atom.